The molecule has 0 aliphatic rings. The molecule has 0 aliphatic heterocycles. The minimum Gasteiger partial charge on any atom is -0.481 e. The Morgan fingerprint density at radius 2 is 2.44 bits per heavy atom. The highest BCUT2D eigenvalue weighted by molar-refractivity contribution is 8.01. The maximum atomic E-state index is 10.4. The molecule has 2 aromatic rings. The molecule has 4 nitrogen and oxygen atoms in total. The summed E-state index contributed by atoms with van der Waals surface area (Å²) in [7, 11) is 0. The molecule has 1 aromatic carbocycles. The minimum atomic E-state index is -0.871. The monoisotopic (exact) mass is 250 g/mol. The van der Waals surface area contributed by atoms with Crippen LogP contribution in [0.2, 0.25) is 0 Å². The van der Waals surface area contributed by atoms with Gasteiger partial charge in [-0.1, -0.05) is 17.8 Å². The molecule has 0 saturated carbocycles. The number of aromatic nitrogens is 1. The second kappa shape index (κ2) is 4.51. The van der Waals surface area contributed by atoms with E-state index in [1.165, 1.54) is 23.1 Å². The number of nitrogens with zero attached hydrogens (tertiary/aromatic N) is 2. The lowest BCUT2D eigenvalue weighted by Gasteiger charge is -1.89. The molecule has 16 heavy (non-hydrogen) atoms. The molecule has 2 rings (SSSR count). The van der Waals surface area contributed by atoms with Crippen molar-refractivity contribution in [3.63, 3.8) is 0 Å². The van der Waals surface area contributed by atoms with Gasteiger partial charge >= 0.3 is 5.97 Å². The van der Waals surface area contributed by atoms with Gasteiger partial charge < -0.3 is 5.11 Å². The van der Waals surface area contributed by atoms with Crippen molar-refractivity contribution in [3.8, 4) is 6.07 Å². The molecular formula is C10H6N2O2S2. The van der Waals surface area contributed by atoms with Crippen molar-refractivity contribution in [1.29, 1.82) is 5.26 Å². The van der Waals surface area contributed by atoms with Crippen molar-refractivity contribution in [2.24, 2.45) is 0 Å². The lowest BCUT2D eigenvalue weighted by molar-refractivity contribution is -0.133. The number of para-hydroxylation sites is 1. The van der Waals surface area contributed by atoms with E-state index >= 15 is 0 Å². The average molecular weight is 250 g/mol. The number of nitriles is 1. The minimum absolute atomic E-state index is 0.0122. The molecule has 1 N–H and O–H groups in total. The van der Waals surface area contributed by atoms with E-state index in [9.17, 15) is 4.79 Å². The van der Waals surface area contributed by atoms with E-state index in [1.54, 1.807) is 12.1 Å². The fourth-order valence-corrected chi connectivity index (χ4v) is 3.01. The molecule has 0 fully saturated rings. The highest BCUT2D eigenvalue weighted by atomic mass is 32.2. The molecule has 0 radical (unpaired) electrons. The van der Waals surface area contributed by atoms with E-state index in [0.29, 0.717) is 15.4 Å². The summed E-state index contributed by atoms with van der Waals surface area (Å²) in [4.78, 5) is 14.7. The number of fused-ring (bicyclic) bond motifs is 1. The summed E-state index contributed by atoms with van der Waals surface area (Å²) in [5.74, 6) is -0.883. The van der Waals surface area contributed by atoms with Crippen molar-refractivity contribution in [3.05, 3.63) is 23.8 Å². The van der Waals surface area contributed by atoms with Crippen molar-refractivity contribution < 1.29 is 9.90 Å². The summed E-state index contributed by atoms with van der Waals surface area (Å²) in [6.07, 6.45) is 0. The molecule has 0 bridgehead atoms. The van der Waals surface area contributed by atoms with Crippen LogP contribution in [0.1, 0.15) is 5.56 Å². The van der Waals surface area contributed by atoms with Crippen LogP contribution in [0.5, 0.6) is 0 Å². The van der Waals surface area contributed by atoms with Gasteiger partial charge in [-0.05, 0) is 12.1 Å². The Hall–Kier alpha value is -1.58. The zero-order chi connectivity index (χ0) is 11.5. The van der Waals surface area contributed by atoms with Gasteiger partial charge in [-0.2, -0.15) is 5.26 Å². The highest BCUT2D eigenvalue weighted by Crippen LogP contribution is 2.30. The standard InChI is InChI=1S/C10H6N2O2S2/c11-4-6-2-1-3-7-9(6)12-10(16-7)15-5-8(13)14/h1-3H,5H2,(H,13,14). The topological polar surface area (TPSA) is 74.0 Å². The quantitative estimate of drug-likeness (QED) is 0.846. The van der Waals surface area contributed by atoms with Crippen molar-refractivity contribution in [2.45, 2.75) is 4.34 Å². The van der Waals surface area contributed by atoms with Crippen molar-refractivity contribution in [2.75, 3.05) is 5.75 Å². The normalized spacial score (nSPS) is 10.2. The summed E-state index contributed by atoms with van der Waals surface area (Å²) in [5, 5.41) is 17.4. The molecule has 0 aliphatic carbocycles. The fraction of sp³-hybridized carbons (Fsp3) is 0.100. The van der Waals surface area contributed by atoms with E-state index in [0.717, 1.165) is 4.70 Å². The number of hydrogen-bond donors (Lipinski definition) is 1. The Morgan fingerprint density at radius 3 is 3.12 bits per heavy atom. The van der Waals surface area contributed by atoms with Crippen LogP contribution in [0, 0.1) is 11.3 Å². The van der Waals surface area contributed by atoms with Crippen LogP contribution in [0.15, 0.2) is 22.5 Å². The summed E-state index contributed by atoms with van der Waals surface area (Å²) in [5.41, 5.74) is 1.18. The first-order chi connectivity index (χ1) is 7.70. The van der Waals surface area contributed by atoms with Crippen LogP contribution in [0.4, 0.5) is 0 Å². The van der Waals surface area contributed by atoms with Crippen LogP contribution < -0.4 is 0 Å². The third kappa shape index (κ3) is 2.15. The van der Waals surface area contributed by atoms with Crippen LogP contribution in [0.3, 0.4) is 0 Å². The largest absolute Gasteiger partial charge is 0.481 e. The number of aliphatic carboxylic acids is 1. The first-order valence-corrected chi connectivity index (χ1v) is 6.15. The van der Waals surface area contributed by atoms with Gasteiger partial charge in [0.15, 0.2) is 4.34 Å². The highest BCUT2D eigenvalue weighted by Gasteiger charge is 2.09. The van der Waals surface area contributed by atoms with E-state index in [4.69, 9.17) is 10.4 Å². The van der Waals surface area contributed by atoms with Crippen LogP contribution in [-0.2, 0) is 4.79 Å². The van der Waals surface area contributed by atoms with Crippen molar-refractivity contribution >= 4 is 39.3 Å². The third-order valence-corrected chi connectivity index (χ3v) is 3.99. The Bertz CT molecular complexity index is 586. The molecule has 80 valence electrons. The second-order valence-electron chi connectivity index (χ2n) is 2.93. The second-order valence-corrected chi connectivity index (χ2v) is 5.18. The van der Waals surface area contributed by atoms with Gasteiger partial charge in [0.05, 0.1) is 16.0 Å². The van der Waals surface area contributed by atoms with Gasteiger partial charge in [0, 0.05) is 0 Å². The smallest absolute Gasteiger partial charge is 0.313 e. The number of thiazole rings is 1. The molecule has 0 atom stereocenters. The lowest BCUT2D eigenvalue weighted by Crippen LogP contribution is -1.96. The number of hydrogen-bond acceptors (Lipinski definition) is 5. The molecule has 0 spiro atoms. The Kier molecular flexibility index (Phi) is 3.08. The number of carboxylic acid groups (broad SMARTS) is 1. The summed E-state index contributed by atoms with van der Waals surface area (Å²) in [6, 6.07) is 7.44. The molecule has 1 aromatic heterocycles. The fourth-order valence-electron chi connectivity index (χ4n) is 1.20. The maximum Gasteiger partial charge on any atom is 0.313 e. The predicted octanol–water partition coefficient (Wildman–Crippen LogP) is 2.34. The Balaban J connectivity index is 2.37. The summed E-state index contributed by atoms with van der Waals surface area (Å²) in [6.45, 7) is 0. The average Bonchev–Trinajstić information content (AvgIpc) is 2.68. The molecule has 0 saturated heterocycles. The number of carbonyl (C=O) groups is 1. The maximum absolute atomic E-state index is 10.4. The van der Waals surface area contributed by atoms with E-state index in [-0.39, 0.29) is 5.75 Å². The molecule has 6 heteroatoms. The summed E-state index contributed by atoms with van der Waals surface area (Å²) >= 11 is 2.58. The zero-order valence-corrected chi connectivity index (χ0v) is 9.64. The van der Waals surface area contributed by atoms with Crippen LogP contribution in [-0.4, -0.2) is 21.8 Å². The van der Waals surface area contributed by atoms with Gasteiger partial charge in [-0.15, -0.1) is 11.3 Å². The Labute approximate surface area is 99.5 Å². The number of rotatable bonds is 3. The van der Waals surface area contributed by atoms with Gasteiger partial charge in [0.2, 0.25) is 0 Å². The predicted molar refractivity (Wildman–Crippen MR) is 62.7 cm³/mol. The lowest BCUT2D eigenvalue weighted by atomic mass is 10.2. The van der Waals surface area contributed by atoms with Crippen LogP contribution >= 0.6 is 23.1 Å². The number of benzene rings is 1. The Morgan fingerprint density at radius 1 is 1.62 bits per heavy atom. The van der Waals surface area contributed by atoms with Gasteiger partial charge in [-0.25, -0.2) is 4.98 Å². The first-order valence-electron chi connectivity index (χ1n) is 4.35. The van der Waals surface area contributed by atoms with Crippen molar-refractivity contribution in [1.82, 2.24) is 4.98 Å². The van der Waals surface area contributed by atoms with Crippen LogP contribution in [0.25, 0.3) is 10.2 Å². The zero-order valence-electron chi connectivity index (χ0n) is 8.01. The van der Waals surface area contributed by atoms with Gasteiger partial charge in [0.1, 0.15) is 11.6 Å². The summed E-state index contributed by atoms with van der Waals surface area (Å²) < 4.78 is 1.59. The van der Waals surface area contributed by atoms with E-state index in [2.05, 4.69) is 11.1 Å². The number of carboxylic acids is 1. The number of thioether (sulfide) groups is 1. The molecular weight excluding hydrogens is 244 g/mol. The SMILES string of the molecule is N#Cc1cccc2sc(SCC(=O)O)nc12. The molecule has 0 amide bonds. The van der Waals surface area contributed by atoms with Gasteiger partial charge in [-0.3, -0.25) is 4.79 Å². The molecule has 1 heterocycles. The third-order valence-electron chi connectivity index (χ3n) is 1.84. The first kappa shape index (κ1) is 10.9. The van der Waals surface area contributed by atoms with Gasteiger partial charge in [0.25, 0.3) is 0 Å². The van der Waals surface area contributed by atoms with E-state index < -0.39 is 5.97 Å². The molecule has 0 unspecified atom stereocenters. The van der Waals surface area contributed by atoms with E-state index in [1.807, 2.05) is 6.07 Å².